The maximum atomic E-state index is 12.6. The monoisotopic (exact) mass is 479 g/mol. The Kier molecular flexibility index (Phi) is 6.25. The van der Waals surface area contributed by atoms with Gasteiger partial charge in [0.1, 0.15) is 5.82 Å². The normalized spacial score (nSPS) is 23.2. The topological polar surface area (TPSA) is 102 Å². The Morgan fingerprint density at radius 3 is 2.63 bits per heavy atom. The highest BCUT2D eigenvalue weighted by Gasteiger charge is 2.34. The quantitative estimate of drug-likeness (QED) is 0.566. The highest BCUT2D eigenvalue weighted by atomic mass is 16.5. The maximum Gasteiger partial charge on any atom is 0.414 e. The minimum Gasteiger partial charge on any atom is -0.481 e. The molecule has 186 valence electrons. The van der Waals surface area contributed by atoms with Crippen LogP contribution < -0.4 is 4.90 Å². The Morgan fingerprint density at radius 2 is 1.97 bits per heavy atom. The molecule has 9 heteroatoms. The van der Waals surface area contributed by atoms with Crippen molar-refractivity contribution in [2.24, 2.45) is 5.92 Å². The molecular weight excluding hydrogens is 446 g/mol. The van der Waals surface area contributed by atoms with Crippen LogP contribution in [0.25, 0.3) is 11.0 Å². The first-order valence-electron chi connectivity index (χ1n) is 12.5. The number of carbonyl (C=O) groups excluding carboxylic acids is 1. The molecule has 2 aromatic heterocycles. The van der Waals surface area contributed by atoms with Crippen molar-refractivity contribution in [2.45, 2.75) is 76.9 Å². The molecule has 1 aromatic carbocycles. The zero-order valence-electron chi connectivity index (χ0n) is 20.6. The number of fused-ring (bicyclic) bond motifs is 3. The first-order chi connectivity index (χ1) is 16.9. The van der Waals surface area contributed by atoms with Gasteiger partial charge >= 0.3 is 12.1 Å². The Labute approximate surface area is 204 Å². The Hall–Kier alpha value is -3.36. The molecule has 1 saturated carbocycles. The standard InChI is InChI=1S/C26H33N5O4/c1-16(15-29-14-4-13-27-29)24-28-23-20-10-5-17(2)30(26(34)35-3)21(20)11-12-22(23)31(24)19-8-6-18(7-9-19)25(32)33/h4,11-14,16-19H,5-10,15H2,1-3H3,(H,32,33)/t16?,17-,18?,19?/m0/s1. The van der Waals surface area contributed by atoms with E-state index in [0.29, 0.717) is 19.4 Å². The molecule has 1 N–H and O–H groups in total. The fourth-order valence-corrected chi connectivity index (χ4v) is 5.88. The van der Waals surface area contributed by atoms with E-state index in [1.165, 1.54) is 7.11 Å². The number of anilines is 1. The van der Waals surface area contributed by atoms with Gasteiger partial charge in [-0.3, -0.25) is 14.4 Å². The number of methoxy groups -OCH3 is 1. The number of rotatable bonds is 5. The van der Waals surface area contributed by atoms with Crippen molar-refractivity contribution in [3.05, 3.63) is 42.0 Å². The molecule has 1 aliphatic carbocycles. The molecule has 1 amide bonds. The van der Waals surface area contributed by atoms with Gasteiger partial charge in [-0.1, -0.05) is 6.92 Å². The van der Waals surface area contributed by atoms with Crippen molar-refractivity contribution in [2.75, 3.05) is 12.0 Å². The molecule has 0 spiro atoms. The summed E-state index contributed by atoms with van der Waals surface area (Å²) in [5.41, 5.74) is 3.94. The average Bonchev–Trinajstić information content (AvgIpc) is 3.51. The lowest BCUT2D eigenvalue weighted by atomic mass is 9.85. The third-order valence-corrected chi connectivity index (χ3v) is 7.73. The highest BCUT2D eigenvalue weighted by Crippen LogP contribution is 2.41. The van der Waals surface area contributed by atoms with Gasteiger partial charge in [0.2, 0.25) is 0 Å². The highest BCUT2D eigenvalue weighted by molar-refractivity contribution is 5.95. The number of carboxylic acid groups (broad SMARTS) is 1. The van der Waals surface area contributed by atoms with Gasteiger partial charge in [0.05, 0.1) is 36.3 Å². The second-order valence-corrected chi connectivity index (χ2v) is 9.97. The molecule has 2 atom stereocenters. The fraction of sp³-hybridized carbons (Fsp3) is 0.538. The number of ether oxygens (including phenoxy) is 1. The van der Waals surface area contributed by atoms with Crippen molar-refractivity contribution in [3.63, 3.8) is 0 Å². The van der Waals surface area contributed by atoms with Crippen molar-refractivity contribution < 1.29 is 19.4 Å². The molecule has 0 saturated heterocycles. The van der Waals surface area contributed by atoms with E-state index in [0.717, 1.165) is 53.8 Å². The van der Waals surface area contributed by atoms with Crippen LogP contribution in [0.1, 0.15) is 69.3 Å². The molecule has 3 aromatic rings. The third kappa shape index (κ3) is 4.17. The summed E-state index contributed by atoms with van der Waals surface area (Å²) in [5.74, 6) is 0.131. The van der Waals surface area contributed by atoms with Gasteiger partial charge in [-0.2, -0.15) is 5.10 Å². The predicted octanol–water partition coefficient (Wildman–Crippen LogP) is 4.76. The van der Waals surface area contributed by atoms with Gasteiger partial charge in [-0.25, -0.2) is 9.78 Å². The molecular formula is C26H33N5O4. The average molecular weight is 480 g/mol. The lowest BCUT2D eigenvalue weighted by molar-refractivity contribution is -0.143. The van der Waals surface area contributed by atoms with Crippen LogP contribution >= 0.6 is 0 Å². The molecule has 2 aliphatic rings. The number of benzene rings is 1. The number of carbonyl (C=O) groups is 2. The number of imidazole rings is 1. The lowest BCUT2D eigenvalue weighted by Crippen LogP contribution is -2.42. The summed E-state index contributed by atoms with van der Waals surface area (Å²) < 4.78 is 9.36. The molecule has 0 radical (unpaired) electrons. The Morgan fingerprint density at radius 1 is 1.20 bits per heavy atom. The first-order valence-corrected chi connectivity index (χ1v) is 12.5. The van der Waals surface area contributed by atoms with Gasteiger partial charge < -0.3 is 14.4 Å². The van der Waals surface area contributed by atoms with Crippen LogP contribution in [-0.4, -0.2) is 49.7 Å². The van der Waals surface area contributed by atoms with E-state index in [9.17, 15) is 14.7 Å². The van der Waals surface area contributed by atoms with Crippen LogP contribution in [-0.2, 0) is 22.5 Å². The van der Waals surface area contributed by atoms with Crippen molar-refractivity contribution in [3.8, 4) is 0 Å². The third-order valence-electron chi connectivity index (χ3n) is 7.73. The summed E-state index contributed by atoms with van der Waals surface area (Å²) in [5, 5.41) is 13.9. The SMILES string of the molecule is COC(=O)N1c2ccc3c(nc(C(C)Cn4cccn4)n3C3CCC(C(=O)O)CC3)c2CC[C@@H]1C. The molecule has 3 heterocycles. The molecule has 9 nitrogen and oxygen atoms in total. The van der Waals surface area contributed by atoms with E-state index in [4.69, 9.17) is 9.72 Å². The zero-order valence-corrected chi connectivity index (χ0v) is 20.6. The lowest BCUT2D eigenvalue weighted by Gasteiger charge is -2.34. The van der Waals surface area contributed by atoms with E-state index in [2.05, 4.69) is 22.7 Å². The second-order valence-electron chi connectivity index (χ2n) is 9.97. The number of aryl methyl sites for hydroxylation is 1. The van der Waals surface area contributed by atoms with Crippen LogP contribution in [0.2, 0.25) is 0 Å². The van der Waals surface area contributed by atoms with Gasteiger partial charge in [0.15, 0.2) is 0 Å². The number of aliphatic carboxylic acids is 1. The zero-order chi connectivity index (χ0) is 24.7. The number of hydrogen-bond acceptors (Lipinski definition) is 5. The van der Waals surface area contributed by atoms with Gasteiger partial charge in [0.25, 0.3) is 0 Å². The number of amides is 1. The number of nitrogens with zero attached hydrogens (tertiary/aromatic N) is 5. The molecule has 0 bridgehead atoms. The molecule has 1 fully saturated rings. The van der Waals surface area contributed by atoms with Crippen molar-refractivity contribution in [1.82, 2.24) is 19.3 Å². The Bertz CT molecular complexity index is 1230. The number of carboxylic acids is 1. The van der Waals surface area contributed by atoms with Gasteiger partial charge in [-0.15, -0.1) is 0 Å². The van der Waals surface area contributed by atoms with Crippen LogP contribution in [0.3, 0.4) is 0 Å². The number of hydrogen-bond donors (Lipinski definition) is 1. The summed E-state index contributed by atoms with van der Waals surface area (Å²) >= 11 is 0. The van der Waals surface area contributed by atoms with Gasteiger partial charge in [0, 0.05) is 36.0 Å². The predicted molar refractivity (Wildman–Crippen MR) is 132 cm³/mol. The van der Waals surface area contributed by atoms with E-state index in [-0.39, 0.29) is 30.0 Å². The fourth-order valence-electron chi connectivity index (χ4n) is 5.88. The first kappa shape index (κ1) is 23.4. The molecule has 1 aliphatic heterocycles. The van der Waals surface area contributed by atoms with E-state index >= 15 is 0 Å². The summed E-state index contributed by atoms with van der Waals surface area (Å²) in [7, 11) is 1.42. The Balaban J connectivity index is 1.60. The van der Waals surface area contributed by atoms with Crippen LogP contribution in [0, 0.1) is 5.92 Å². The summed E-state index contributed by atoms with van der Waals surface area (Å²) in [6, 6.07) is 6.26. The molecule has 35 heavy (non-hydrogen) atoms. The van der Waals surface area contributed by atoms with E-state index in [1.807, 2.05) is 29.9 Å². The van der Waals surface area contributed by atoms with E-state index in [1.54, 1.807) is 11.1 Å². The van der Waals surface area contributed by atoms with Crippen LogP contribution in [0.4, 0.5) is 10.5 Å². The second kappa shape index (κ2) is 9.36. The molecule has 5 rings (SSSR count). The molecule has 1 unspecified atom stereocenters. The van der Waals surface area contributed by atoms with Crippen molar-refractivity contribution in [1.29, 1.82) is 0 Å². The smallest absolute Gasteiger partial charge is 0.414 e. The van der Waals surface area contributed by atoms with Crippen LogP contribution in [0.5, 0.6) is 0 Å². The van der Waals surface area contributed by atoms with Gasteiger partial charge in [-0.05, 0) is 63.6 Å². The summed E-state index contributed by atoms with van der Waals surface area (Å²) in [6.07, 6.45) is 8.04. The minimum absolute atomic E-state index is 0.0546. The van der Waals surface area contributed by atoms with E-state index < -0.39 is 5.97 Å². The maximum absolute atomic E-state index is 12.6. The number of aromatic nitrogens is 4. The summed E-state index contributed by atoms with van der Waals surface area (Å²) in [6.45, 7) is 4.91. The van der Waals surface area contributed by atoms with Crippen LogP contribution in [0.15, 0.2) is 30.6 Å². The minimum atomic E-state index is -0.697. The summed E-state index contributed by atoms with van der Waals surface area (Å²) in [4.78, 5) is 31.1. The largest absolute Gasteiger partial charge is 0.481 e. The van der Waals surface area contributed by atoms with Crippen molar-refractivity contribution >= 4 is 28.8 Å².